The molecule has 80 valence electrons. The summed E-state index contributed by atoms with van der Waals surface area (Å²) in [5.41, 5.74) is 2.35. The molecule has 0 bridgehead atoms. The molecule has 2 rings (SSSR count). The third-order valence-electron chi connectivity index (χ3n) is 2.85. The number of benzene rings is 1. The second kappa shape index (κ2) is 4.47. The molecule has 0 N–H and O–H groups in total. The maximum atomic E-state index is 12.7. The average molecular weight is 205 g/mol. The summed E-state index contributed by atoms with van der Waals surface area (Å²) in [6.07, 6.45) is 4.69. The number of hydrogen-bond acceptors (Lipinski definition) is 1. The Morgan fingerprint density at radius 3 is 2.40 bits per heavy atom. The Balaban J connectivity index is 2.11. The summed E-state index contributed by atoms with van der Waals surface area (Å²) >= 11 is 0. The van der Waals surface area contributed by atoms with E-state index in [1.807, 2.05) is 12.1 Å². The molecular formula is C13H16FN. The first-order valence-electron chi connectivity index (χ1n) is 5.44. The third kappa shape index (κ3) is 2.58. The van der Waals surface area contributed by atoms with Crippen LogP contribution in [0.4, 0.5) is 4.39 Å². The molecule has 1 aliphatic rings. The fourth-order valence-electron chi connectivity index (χ4n) is 1.96. The van der Waals surface area contributed by atoms with E-state index in [0.717, 1.165) is 18.7 Å². The Morgan fingerprint density at radius 2 is 1.80 bits per heavy atom. The van der Waals surface area contributed by atoms with Gasteiger partial charge >= 0.3 is 0 Å². The SMILES string of the molecule is C/C(=C\c1ccc(F)cc1)N1CCCC1. The smallest absolute Gasteiger partial charge is 0.123 e. The van der Waals surface area contributed by atoms with E-state index in [9.17, 15) is 4.39 Å². The Labute approximate surface area is 90.2 Å². The Kier molecular flexibility index (Phi) is 3.05. The van der Waals surface area contributed by atoms with Crippen LogP contribution in [0.15, 0.2) is 30.0 Å². The maximum Gasteiger partial charge on any atom is 0.123 e. The van der Waals surface area contributed by atoms with E-state index in [0.29, 0.717) is 0 Å². The average Bonchev–Trinajstić information content (AvgIpc) is 2.74. The van der Waals surface area contributed by atoms with Crippen LogP contribution in [0.2, 0.25) is 0 Å². The van der Waals surface area contributed by atoms with Crippen LogP contribution < -0.4 is 0 Å². The lowest BCUT2D eigenvalue weighted by Gasteiger charge is -2.17. The number of likely N-dealkylation sites (tertiary alicyclic amines) is 1. The Morgan fingerprint density at radius 1 is 1.20 bits per heavy atom. The zero-order valence-electron chi connectivity index (χ0n) is 9.04. The van der Waals surface area contributed by atoms with Gasteiger partial charge in [-0.3, -0.25) is 0 Å². The van der Waals surface area contributed by atoms with Crippen LogP contribution in [0.25, 0.3) is 6.08 Å². The first kappa shape index (κ1) is 10.2. The summed E-state index contributed by atoms with van der Waals surface area (Å²) in [7, 11) is 0. The molecule has 1 aromatic carbocycles. The largest absolute Gasteiger partial charge is 0.375 e. The lowest BCUT2D eigenvalue weighted by Crippen LogP contribution is -2.16. The topological polar surface area (TPSA) is 3.24 Å². The number of halogens is 1. The predicted molar refractivity (Wildman–Crippen MR) is 60.9 cm³/mol. The first-order valence-corrected chi connectivity index (χ1v) is 5.44. The molecule has 1 saturated heterocycles. The standard InChI is InChI=1S/C13H16FN/c1-11(15-8-2-3-9-15)10-12-4-6-13(14)7-5-12/h4-7,10H,2-3,8-9H2,1H3/b11-10+. The molecule has 1 nitrogen and oxygen atoms in total. The summed E-state index contributed by atoms with van der Waals surface area (Å²) in [5.74, 6) is -0.175. The monoisotopic (exact) mass is 205 g/mol. The third-order valence-corrected chi connectivity index (χ3v) is 2.85. The Hall–Kier alpha value is -1.31. The van der Waals surface area contributed by atoms with Crippen molar-refractivity contribution in [1.82, 2.24) is 4.90 Å². The highest BCUT2D eigenvalue weighted by atomic mass is 19.1. The van der Waals surface area contributed by atoms with Gasteiger partial charge in [0, 0.05) is 18.8 Å². The van der Waals surface area contributed by atoms with Gasteiger partial charge in [-0.1, -0.05) is 12.1 Å². The minimum absolute atomic E-state index is 0.175. The van der Waals surface area contributed by atoms with Crippen LogP contribution in [-0.2, 0) is 0 Å². The molecule has 0 aromatic heterocycles. The van der Waals surface area contributed by atoms with E-state index >= 15 is 0 Å². The highest BCUT2D eigenvalue weighted by Crippen LogP contribution is 2.16. The predicted octanol–water partition coefficient (Wildman–Crippen LogP) is 3.28. The Bertz CT molecular complexity index is 347. The number of hydrogen-bond donors (Lipinski definition) is 0. The van der Waals surface area contributed by atoms with E-state index in [4.69, 9.17) is 0 Å². The summed E-state index contributed by atoms with van der Waals surface area (Å²) in [5, 5.41) is 0. The minimum atomic E-state index is -0.175. The fourth-order valence-corrected chi connectivity index (χ4v) is 1.96. The van der Waals surface area contributed by atoms with E-state index < -0.39 is 0 Å². The molecule has 0 radical (unpaired) electrons. The minimum Gasteiger partial charge on any atom is -0.375 e. The van der Waals surface area contributed by atoms with Crippen molar-refractivity contribution in [2.75, 3.05) is 13.1 Å². The van der Waals surface area contributed by atoms with Gasteiger partial charge in [0.05, 0.1) is 0 Å². The summed E-state index contributed by atoms with van der Waals surface area (Å²) in [6.45, 7) is 4.43. The summed E-state index contributed by atoms with van der Waals surface area (Å²) in [6, 6.07) is 6.63. The van der Waals surface area contributed by atoms with Crippen LogP contribution in [0, 0.1) is 5.82 Å². The highest BCUT2D eigenvalue weighted by Gasteiger charge is 2.10. The lowest BCUT2D eigenvalue weighted by atomic mass is 10.2. The van der Waals surface area contributed by atoms with Gasteiger partial charge in [-0.25, -0.2) is 4.39 Å². The summed E-state index contributed by atoms with van der Waals surface area (Å²) in [4.78, 5) is 2.38. The quantitative estimate of drug-likeness (QED) is 0.716. The molecule has 0 saturated carbocycles. The zero-order chi connectivity index (χ0) is 10.7. The molecule has 1 aromatic rings. The van der Waals surface area contributed by atoms with Gasteiger partial charge in [0.15, 0.2) is 0 Å². The van der Waals surface area contributed by atoms with E-state index in [1.165, 1.54) is 30.7 Å². The first-order chi connectivity index (χ1) is 7.25. The van der Waals surface area contributed by atoms with Crippen molar-refractivity contribution >= 4 is 6.08 Å². The van der Waals surface area contributed by atoms with Crippen LogP contribution >= 0.6 is 0 Å². The molecule has 0 aliphatic carbocycles. The maximum absolute atomic E-state index is 12.7. The van der Waals surface area contributed by atoms with Crippen LogP contribution in [0.5, 0.6) is 0 Å². The fraction of sp³-hybridized carbons (Fsp3) is 0.385. The molecule has 2 heteroatoms. The van der Waals surface area contributed by atoms with Crippen molar-refractivity contribution in [3.8, 4) is 0 Å². The van der Waals surface area contributed by atoms with Crippen molar-refractivity contribution in [3.05, 3.63) is 41.3 Å². The molecule has 0 amide bonds. The molecule has 0 spiro atoms. The summed E-state index contributed by atoms with van der Waals surface area (Å²) < 4.78 is 12.7. The van der Waals surface area contributed by atoms with Crippen molar-refractivity contribution in [2.24, 2.45) is 0 Å². The molecule has 0 unspecified atom stereocenters. The second-order valence-corrected chi connectivity index (χ2v) is 4.03. The van der Waals surface area contributed by atoms with Gasteiger partial charge < -0.3 is 4.90 Å². The van der Waals surface area contributed by atoms with Crippen LogP contribution in [0.1, 0.15) is 25.3 Å². The van der Waals surface area contributed by atoms with Gasteiger partial charge in [0.25, 0.3) is 0 Å². The molecule has 1 aliphatic heterocycles. The van der Waals surface area contributed by atoms with Crippen LogP contribution in [-0.4, -0.2) is 18.0 Å². The second-order valence-electron chi connectivity index (χ2n) is 4.03. The highest BCUT2D eigenvalue weighted by molar-refractivity contribution is 5.51. The normalized spacial score (nSPS) is 17.2. The molecule has 15 heavy (non-hydrogen) atoms. The number of allylic oxidation sites excluding steroid dienone is 1. The van der Waals surface area contributed by atoms with Gasteiger partial charge in [-0.05, 0) is 43.5 Å². The van der Waals surface area contributed by atoms with Gasteiger partial charge in [-0.2, -0.15) is 0 Å². The van der Waals surface area contributed by atoms with Crippen molar-refractivity contribution < 1.29 is 4.39 Å². The zero-order valence-corrected chi connectivity index (χ0v) is 9.04. The van der Waals surface area contributed by atoms with Gasteiger partial charge in [-0.15, -0.1) is 0 Å². The van der Waals surface area contributed by atoms with E-state index in [-0.39, 0.29) is 5.82 Å². The molecule has 1 heterocycles. The van der Waals surface area contributed by atoms with Crippen molar-refractivity contribution in [2.45, 2.75) is 19.8 Å². The number of nitrogens with zero attached hydrogens (tertiary/aromatic N) is 1. The van der Waals surface area contributed by atoms with Gasteiger partial charge in [0.2, 0.25) is 0 Å². The van der Waals surface area contributed by atoms with Crippen LogP contribution in [0.3, 0.4) is 0 Å². The lowest BCUT2D eigenvalue weighted by molar-refractivity contribution is 0.431. The molecule has 1 fully saturated rings. The molecule has 0 atom stereocenters. The number of rotatable bonds is 2. The van der Waals surface area contributed by atoms with Crippen molar-refractivity contribution in [1.29, 1.82) is 0 Å². The van der Waals surface area contributed by atoms with E-state index in [1.54, 1.807) is 0 Å². The van der Waals surface area contributed by atoms with Gasteiger partial charge in [0.1, 0.15) is 5.82 Å². The van der Waals surface area contributed by atoms with E-state index in [2.05, 4.69) is 17.9 Å². The molecular weight excluding hydrogens is 189 g/mol. The van der Waals surface area contributed by atoms with Crippen molar-refractivity contribution in [3.63, 3.8) is 0 Å².